The summed E-state index contributed by atoms with van der Waals surface area (Å²) in [6, 6.07) is 23.4. The number of hydrogen-bond donors (Lipinski definition) is 1. The van der Waals surface area contributed by atoms with Crippen LogP contribution in [0.4, 0.5) is 4.39 Å². The first-order valence-corrected chi connectivity index (χ1v) is 9.41. The normalized spacial score (nSPS) is 12.8. The number of benzene rings is 3. The molecule has 3 rings (SSSR count). The second-order valence-electron chi connectivity index (χ2n) is 6.73. The van der Waals surface area contributed by atoms with Crippen molar-refractivity contribution in [2.45, 2.75) is 32.4 Å². The minimum atomic E-state index is -0.665. The first-order valence-electron chi connectivity index (χ1n) is 9.41. The summed E-state index contributed by atoms with van der Waals surface area (Å²) in [5.74, 6) is -0.0791. The van der Waals surface area contributed by atoms with Gasteiger partial charge in [-0.05, 0) is 48.7 Å². The van der Waals surface area contributed by atoms with Crippen molar-refractivity contribution in [1.29, 1.82) is 0 Å². The summed E-state index contributed by atoms with van der Waals surface area (Å²) in [7, 11) is 0. The van der Waals surface area contributed by atoms with Crippen LogP contribution in [0.15, 0.2) is 78.9 Å². The van der Waals surface area contributed by atoms with E-state index in [9.17, 15) is 9.18 Å². The van der Waals surface area contributed by atoms with Crippen LogP contribution in [0.1, 0.15) is 36.1 Å². The van der Waals surface area contributed by atoms with Crippen LogP contribution in [0.25, 0.3) is 0 Å². The van der Waals surface area contributed by atoms with Gasteiger partial charge in [-0.15, -0.1) is 0 Å². The fourth-order valence-electron chi connectivity index (χ4n) is 3.00. The highest BCUT2D eigenvalue weighted by Crippen LogP contribution is 2.23. The molecule has 1 amide bonds. The number of amides is 1. The van der Waals surface area contributed by atoms with Crippen LogP contribution < -0.4 is 10.1 Å². The van der Waals surface area contributed by atoms with Gasteiger partial charge in [-0.2, -0.15) is 0 Å². The number of rotatable bonds is 7. The van der Waals surface area contributed by atoms with E-state index < -0.39 is 6.10 Å². The predicted octanol–water partition coefficient (Wildman–Crippen LogP) is 5.20. The Bertz CT molecular complexity index is 892. The predicted molar refractivity (Wildman–Crippen MR) is 109 cm³/mol. The second kappa shape index (κ2) is 9.18. The molecule has 0 heterocycles. The third-order valence-corrected chi connectivity index (χ3v) is 4.59. The Morgan fingerprint density at radius 3 is 2.14 bits per heavy atom. The highest BCUT2D eigenvalue weighted by atomic mass is 19.1. The first kappa shape index (κ1) is 19.6. The molecular weight excluding hydrogens is 353 g/mol. The molecule has 0 aromatic heterocycles. The molecule has 0 saturated carbocycles. The number of nitrogens with one attached hydrogen (secondary N) is 1. The Morgan fingerprint density at radius 2 is 1.54 bits per heavy atom. The number of carbonyl (C=O) groups is 1. The molecule has 0 unspecified atom stereocenters. The van der Waals surface area contributed by atoms with E-state index in [1.54, 1.807) is 0 Å². The lowest BCUT2D eigenvalue weighted by atomic mass is 9.97. The Kier molecular flexibility index (Phi) is 6.43. The smallest absolute Gasteiger partial charge is 0.261 e. The van der Waals surface area contributed by atoms with Crippen LogP contribution >= 0.6 is 0 Å². The quantitative estimate of drug-likeness (QED) is 0.615. The molecule has 1 N–H and O–H groups in total. The third-order valence-electron chi connectivity index (χ3n) is 4.59. The molecule has 0 fully saturated rings. The standard InChI is InChI=1S/C24H24FNO2/c1-3-22(28-21-15-13-20(25)14-16-21)24(27)26-23(18-7-5-4-6-8-18)19-11-9-17(2)10-12-19/h4-16,22-23H,3H2,1-2H3,(H,26,27)/t22-,23-/m1/s1. The van der Waals surface area contributed by atoms with Crippen LogP contribution in [0.2, 0.25) is 0 Å². The monoisotopic (exact) mass is 377 g/mol. The molecule has 0 spiro atoms. The summed E-state index contributed by atoms with van der Waals surface area (Å²) in [4.78, 5) is 13.0. The summed E-state index contributed by atoms with van der Waals surface area (Å²) >= 11 is 0. The van der Waals surface area contributed by atoms with Crippen molar-refractivity contribution in [1.82, 2.24) is 5.32 Å². The van der Waals surface area contributed by atoms with Gasteiger partial charge in [0.15, 0.2) is 6.10 Å². The molecule has 3 aromatic rings. The molecule has 3 nitrogen and oxygen atoms in total. The van der Waals surface area contributed by atoms with E-state index in [2.05, 4.69) is 5.32 Å². The topological polar surface area (TPSA) is 38.3 Å². The van der Waals surface area contributed by atoms with E-state index in [0.29, 0.717) is 12.2 Å². The molecular formula is C24H24FNO2. The van der Waals surface area contributed by atoms with Gasteiger partial charge in [-0.3, -0.25) is 4.79 Å². The molecule has 0 aliphatic heterocycles. The highest BCUT2D eigenvalue weighted by Gasteiger charge is 2.23. The lowest BCUT2D eigenvalue weighted by Crippen LogP contribution is -2.40. The van der Waals surface area contributed by atoms with Gasteiger partial charge in [-0.25, -0.2) is 4.39 Å². The average Bonchev–Trinajstić information content (AvgIpc) is 2.73. The molecule has 0 saturated heterocycles. The van der Waals surface area contributed by atoms with Crippen molar-refractivity contribution >= 4 is 5.91 Å². The van der Waals surface area contributed by atoms with Gasteiger partial charge >= 0.3 is 0 Å². The van der Waals surface area contributed by atoms with E-state index >= 15 is 0 Å². The highest BCUT2D eigenvalue weighted by molar-refractivity contribution is 5.82. The lowest BCUT2D eigenvalue weighted by Gasteiger charge is -2.24. The van der Waals surface area contributed by atoms with Crippen molar-refractivity contribution in [2.75, 3.05) is 0 Å². The molecule has 144 valence electrons. The summed E-state index contributed by atoms with van der Waals surface area (Å²) in [6.45, 7) is 3.92. The molecule has 3 aromatic carbocycles. The number of halogens is 1. The van der Waals surface area contributed by atoms with Crippen molar-refractivity contribution < 1.29 is 13.9 Å². The largest absolute Gasteiger partial charge is 0.481 e. The van der Waals surface area contributed by atoms with Crippen LogP contribution in [0.3, 0.4) is 0 Å². The van der Waals surface area contributed by atoms with Gasteiger partial charge in [0.25, 0.3) is 5.91 Å². The maximum absolute atomic E-state index is 13.1. The fraction of sp³-hybridized carbons (Fsp3) is 0.208. The van der Waals surface area contributed by atoms with Gasteiger partial charge in [0.2, 0.25) is 0 Å². The van der Waals surface area contributed by atoms with E-state index in [0.717, 1.165) is 16.7 Å². The lowest BCUT2D eigenvalue weighted by molar-refractivity contribution is -0.128. The third kappa shape index (κ3) is 4.97. The zero-order chi connectivity index (χ0) is 19.9. The number of ether oxygens (including phenoxy) is 1. The summed E-state index contributed by atoms with van der Waals surface area (Å²) in [6.07, 6.45) is -0.166. The van der Waals surface area contributed by atoms with Gasteiger partial charge in [0.05, 0.1) is 6.04 Å². The minimum absolute atomic E-state index is 0.207. The SMILES string of the molecule is CC[C@@H](Oc1ccc(F)cc1)C(=O)N[C@H](c1ccccc1)c1ccc(C)cc1. The average molecular weight is 377 g/mol. The summed E-state index contributed by atoms with van der Waals surface area (Å²) in [5, 5.41) is 3.11. The maximum Gasteiger partial charge on any atom is 0.261 e. The van der Waals surface area contributed by atoms with Crippen LogP contribution in [0.5, 0.6) is 5.75 Å². The minimum Gasteiger partial charge on any atom is -0.481 e. The molecule has 0 aliphatic rings. The van der Waals surface area contributed by atoms with E-state index in [1.807, 2.05) is 68.4 Å². The van der Waals surface area contributed by atoms with Crippen molar-refractivity contribution in [2.24, 2.45) is 0 Å². The fourth-order valence-corrected chi connectivity index (χ4v) is 3.00. The van der Waals surface area contributed by atoms with Crippen LogP contribution in [0, 0.1) is 12.7 Å². The Hall–Kier alpha value is -3.14. The molecule has 0 aliphatic carbocycles. The zero-order valence-electron chi connectivity index (χ0n) is 16.1. The van der Waals surface area contributed by atoms with Gasteiger partial charge in [-0.1, -0.05) is 67.1 Å². The van der Waals surface area contributed by atoms with Crippen molar-refractivity contribution in [3.05, 3.63) is 101 Å². The Labute approximate surface area is 165 Å². The summed E-state index contributed by atoms with van der Waals surface area (Å²) in [5.41, 5.74) is 3.16. The van der Waals surface area contributed by atoms with Gasteiger partial charge < -0.3 is 10.1 Å². The van der Waals surface area contributed by atoms with Crippen LogP contribution in [-0.2, 0) is 4.79 Å². The maximum atomic E-state index is 13.1. The number of aryl methyl sites for hydroxylation is 1. The van der Waals surface area contributed by atoms with E-state index in [1.165, 1.54) is 24.3 Å². The molecule has 2 atom stereocenters. The Balaban J connectivity index is 1.81. The van der Waals surface area contributed by atoms with Crippen LogP contribution in [-0.4, -0.2) is 12.0 Å². The number of hydrogen-bond acceptors (Lipinski definition) is 2. The van der Waals surface area contributed by atoms with Crippen molar-refractivity contribution in [3.63, 3.8) is 0 Å². The Morgan fingerprint density at radius 1 is 0.929 bits per heavy atom. The van der Waals surface area contributed by atoms with Crippen molar-refractivity contribution in [3.8, 4) is 5.75 Å². The van der Waals surface area contributed by atoms with Gasteiger partial charge in [0, 0.05) is 0 Å². The molecule has 28 heavy (non-hydrogen) atoms. The summed E-state index contributed by atoms with van der Waals surface area (Å²) < 4.78 is 18.9. The van der Waals surface area contributed by atoms with E-state index in [-0.39, 0.29) is 17.8 Å². The van der Waals surface area contributed by atoms with E-state index in [4.69, 9.17) is 4.74 Å². The first-order chi connectivity index (χ1) is 13.6. The molecule has 0 bridgehead atoms. The zero-order valence-corrected chi connectivity index (χ0v) is 16.1. The van der Waals surface area contributed by atoms with Gasteiger partial charge in [0.1, 0.15) is 11.6 Å². The number of carbonyl (C=O) groups excluding carboxylic acids is 1. The molecule has 4 heteroatoms. The molecule has 0 radical (unpaired) electrons. The second-order valence-corrected chi connectivity index (χ2v) is 6.73.